The zero-order chi connectivity index (χ0) is 12.8. The maximum absolute atomic E-state index is 5.96. The average molecular weight is 247 g/mol. The van der Waals surface area contributed by atoms with E-state index in [0.29, 0.717) is 6.54 Å². The molecule has 2 aliphatic rings. The van der Waals surface area contributed by atoms with Crippen LogP contribution in [0.25, 0.3) is 0 Å². The van der Waals surface area contributed by atoms with Gasteiger partial charge in [0.25, 0.3) is 0 Å². The van der Waals surface area contributed by atoms with Gasteiger partial charge in [-0.3, -0.25) is 0 Å². The molecule has 18 heavy (non-hydrogen) atoms. The molecule has 0 heterocycles. The second kappa shape index (κ2) is 4.16. The van der Waals surface area contributed by atoms with Crippen LogP contribution in [0.2, 0.25) is 0 Å². The van der Waals surface area contributed by atoms with Crippen LogP contribution in [0.15, 0.2) is 6.07 Å². The van der Waals surface area contributed by atoms with Crippen LogP contribution < -0.4 is 15.2 Å². The summed E-state index contributed by atoms with van der Waals surface area (Å²) >= 11 is 0. The minimum Gasteiger partial charge on any atom is -0.496 e. The molecule has 0 spiro atoms. The quantitative estimate of drug-likeness (QED) is 0.887. The summed E-state index contributed by atoms with van der Waals surface area (Å²) in [5, 5.41) is 0. The number of hydrogen-bond acceptors (Lipinski definition) is 3. The second-order valence-corrected chi connectivity index (χ2v) is 5.45. The fourth-order valence-corrected chi connectivity index (χ4v) is 3.26. The minimum absolute atomic E-state index is 0.149. The number of nitrogens with two attached hydrogens (primary N) is 1. The van der Waals surface area contributed by atoms with Gasteiger partial charge in [0.1, 0.15) is 11.5 Å². The molecule has 3 rings (SSSR count). The predicted molar refractivity (Wildman–Crippen MR) is 71.5 cm³/mol. The van der Waals surface area contributed by atoms with Crippen molar-refractivity contribution in [2.75, 3.05) is 20.8 Å². The molecule has 0 bridgehead atoms. The highest BCUT2D eigenvalue weighted by molar-refractivity contribution is 5.59. The Hall–Kier alpha value is -1.22. The number of rotatable bonds is 4. The van der Waals surface area contributed by atoms with Gasteiger partial charge in [0, 0.05) is 28.7 Å². The van der Waals surface area contributed by atoms with Crippen molar-refractivity contribution in [1.29, 1.82) is 0 Å². The van der Waals surface area contributed by atoms with Crippen molar-refractivity contribution < 1.29 is 9.47 Å². The SMILES string of the molecule is COc1cc(C2(CN)CC2)c(OC)c2c1CCC2. The first kappa shape index (κ1) is 11.8. The minimum atomic E-state index is 0.149. The molecule has 0 amide bonds. The molecule has 1 aromatic rings. The summed E-state index contributed by atoms with van der Waals surface area (Å²) < 4.78 is 11.3. The molecule has 2 aliphatic carbocycles. The highest BCUT2D eigenvalue weighted by atomic mass is 16.5. The predicted octanol–water partition coefficient (Wildman–Crippen LogP) is 2.18. The number of benzene rings is 1. The monoisotopic (exact) mass is 247 g/mol. The molecule has 1 fully saturated rings. The Bertz CT molecular complexity index is 478. The van der Waals surface area contributed by atoms with Gasteiger partial charge >= 0.3 is 0 Å². The maximum atomic E-state index is 5.96. The first-order chi connectivity index (χ1) is 8.75. The van der Waals surface area contributed by atoms with Crippen LogP contribution in [0.4, 0.5) is 0 Å². The van der Waals surface area contributed by atoms with Crippen LogP contribution in [-0.2, 0) is 18.3 Å². The van der Waals surface area contributed by atoms with Crippen LogP contribution in [0.3, 0.4) is 0 Å². The molecule has 0 saturated heterocycles. The van der Waals surface area contributed by atoms with E-state index in [4.69, 9.17) is 15.2 Å². The summed E-state index contributed by atoms with van der Waals surface area (Å²) in [6.45, 7) is 0.700. The standard InChI is InChI=1S/C15H21NO2/c1-17-13-8-12(15(9-16)6-7-15)14(18-2)11-5-3-4-10(11)13/h8H,3-7,9,16H2,1-2H3. The molecular weight excluding hydrogens is 226 g/mol. The topological polar surface area (TPSA) is 44.5 Å². The lowest BCUT2D eigenvalue weighted by Gasteiger charge is -2.21. The van der Waals surface area contributed by atoms with E-state index in [1.165, 1.54) is 36.0 Å². The third kappa shape index (κ3) is 1.53. The molecular formula is C15H21NO2. The lowest BCUT2D eigenvalue weighted by Crippen LogP contribution is -2.21. The zero-order valence-electron chi connectivity index (χ0n) is 11.2. The van der Waals surface area contributed by atoms with Crippen molar-refractivity contribution in [3.05, 3.63) is 22.8 Å². The van der Waals surface area contributed by atoms with Crippen LogP contribution in [-0.4, -0.2) is 20.8 Å². The lowest BCUT2D eigenvalue weighted by atomic mass is 9.91. The van der Waals surface area contributed by atoms with Gasteiger partial charge in [-0.1, -0.05) is 0 Å². The van der Waals surface area contributed by atoms with E-state index in [-0.39, 0.29) is 5.41 Å². The third-order valence-corrected chi connectivity index (χ3v) is 4.55. The molecule has 0 unspecified atom stereocenters. The highest BCUT2D eigenvalue weighted by Crippen LogP contribution is 2.54. The summed E-state index contributed by atoms with van der Waals surface area (Å²) in [5.41, 5.74) is 10.1. The van der Waals surface area contributed by atoms with Crippen LogP contribution in [0.1, 0.15) is 36.0 Å². The Morgan fingerprint density at radius 1 is 1.17 bits per heavy atom. The van der Waals surface area contributed by atoms with Crippen molar-refractivity contribution >= 4 is 0 Å². The Kier molecular flexibility index (Phi) is 2.74. The highest BCUT2D eigenvalue weighted by Gasteiger charge is 2.46. The van der Waals surface area contributed by atoms with E-state index in [1.807, 2.05) is 0 Å². The molecule has 2 N–H and O–H groups in total. The molecule has 0 atom stereocenters. The van der Waals surface area contributed by atoms with E-state index >= 15 is 0 Å². The van der Waals surface area contributed by atoms with Crippen molar-refractivity contribution in [3.63, 3.8) is 0 Å². The van der Waals surface area contributed by atoms with Gasteiger partial charge < -0.3 is 15.2 Å². The summed E-state index contributed by atoms with van der Waals surface area (Å²) in [5.74, 6) is 2.10. The van der Waals surface area contributed by atoms with E-state index in [1.54, 1.807) is 14.2 Å². The molecule has 0 aliphatic heterocycles. The largest absolute Gasteiger partial charge is 0.496 e. The molecule has 1 aromatic carbocycles. The third-order valence-electron chi connectivity index (χ3n) is 4.55. The first-order valence-corrected chi connectivity index (χ1v) is 6.73. The molecule has 98 valence electrons. The van der Waals surface area contributed by atoms with Gasteiger partial charge in [0.15, 0.2) is 0 Å². The van der Waals surface area contributed by atoms with Gasteiger partial charge in [0.05, 0.1) is 14.2 Å². The number of ether oxygens (including phenoxy) is 2. The van der Waals surface area contributed by atoms with E-state index in [9.17, 15) is 0 Å². The number of hydrogen-bond donors (Lipinski definition) is 1. The van der Waals surface area contributed by atoms with Gasteiger partial charge in [-0.25, -0.2) is 0 Å². The zero-order valence-corrected chi connectivity index (χ0v) is 11.2. The first-order valence-electron chi connectivity index (χ1n) is 6.73. The maximum Gasteiger partial charge on any atom is 0.126 e. The summed E-state index contributed by atoms with van der Waals surface area (Å²) in [6.07, 6.45) is 5.73. The van der Waals surface area contributed by atoms with Crippen molar-refractivity contribution in [2.45, 2.75) is 37.5 Å². The van der Waals surface area contributed by atoms with E-state index in [0.717, 1.165) is 24.3 Å². The van der Waals surface area contributed by atoms with E-state index in [2.05, 4.69) is 6.07 Å². The van der Waals surface area contributed by atoms with E-state index < -0.39 is 0 Å². The summed E-state index contributed by atoms with van der Waals surface area (Å²) in [6, 6.07) is 2.17. The molecule has 0 radical (unpaired) electrons. The fraction of sp³-hybridized carbons (Fsp3) is 0.600. The lowest BCUT2D eigenvalue weighted by molar-refractivity contribution is 0.388. The molecule has 3 nitrogen and oxygen atoms in total. The normalized spacial score (nSPS) is 19.5. The van der Waals surface area contributed by atoms with Gasteiger partial charge in [-0.15, -0.1) is 0 Å². The number of methoxy groups -OCH3 is 2. The second-order valence-electron chi connectivity index (χ2n) is 5.45. The Labute approximate surface area is 108 Å². The molecule has 0 aromatic heterocycles. The Morgan fingerprint density at radius 3 is 2.44 bits per heavy atom. The molecule has 3 heteroatoms. The number of fused-ring (bicyclic) bond motifs is 1. The van der Waals surface area contributed by atoms with Crippen molar-refractivity contribution in [2.24, 2.45) is 5.73 Å². The summed E-state index contributed by atoms with van der Waals surface area (Å²) in [4.78, 5) is 0. The van der Waals surface area contributed by atoms with Crippen LogP contribution in [0, 0.1) is 0 Å². The fourth-order valence-electron chi connectivity index (χ4n) is 3.26. The smallest absolute Gasteiger partial charge is 0.126 e. The Morgan fingerprint density at radius 2 is 1.89 bits per heavy atom. The van der Waals surface area contributed by atoms with Crippen molar-refractivity contribution in [3.8, 4) is 11.5 Å². The van der Waals surface area contributed by atoms with Crippen LogP contribution in [0.5, 0.6) is 11.5 Å². The van der Waals surface area contributed by atoms with Gasteiger partial charge in [-0.05, 0) is 38.2 Å². The molecule has 1 saturated carbocycles. The van der Waals surface area contributed by atoms with Crippen molar-refractivity contribution in [1.82, 2.24) is 0 Å². The van der Waals surface area contributed by atoms with Gasteiger partial charge in [0.2, 0.25) is 0 Å². The average Bonchev–Trinajstić information content (AvgIpc) is 3.06. The Balaban J connectivity index is 2.19. The summed E-state index contributed by atoms with van der Waals surface area (Å²) in [7, 11) is 3.53. The van der Waals surface area contributed by atoms with Crippen LogP contribution >= 0.6 is 0 Å². The van der Waals surface area contributed by atoms with Gasteiger partial charge in [-0.2, -0.15) is 0 Å².